The van der Waals surface area contributed by atoms with Gasteiger partial charge in [0.25, 0.3) is 0 Å². The highest BCUT2D eigenvalue weighted by Crippen LogP contribution is 2.17. The van der Waals surface area contributed by atoms with Gasteiger partial charge >= 0.3 is 0 Å². The third-order valence-electron chi connectivity index (χ3n) is 2.62. The molecule has 3 nitrogen and oxygen atoms in total. The van der Waals surface area contributed by atoms with Gasteiger partial charge in [-0.05, 0) is 31.3 Å². The molecular formula is C13H17FN2O. The summed E-state index contributed by atoms with van der Waals surface area (Å²) in [7, 11) is 0. The highest BCUT2D eigenvalue weighted by molar-refractivity contribution is 5.35. The molecule has 0 aliphatic rings. The molecule has 0 saturated heterocycles. The Hall–Kier alpha value is -1.60. The number of hydrogen-bond donors (Lipinski definition) is 0. The Morgan fingerprint density at radius 3 is 2.59 bits per heavy atom. The Kier molecular flexibility index (Phi) is 5.44. The van der Waals surface area contributed by atoms with Crippen molar-refractivity contribution < 1.29 is 9.13 Å². The number of hydrogen-bond acceptors (Lipinski definition) is 3. The smallest absolute Gasteiger partial charge is 0.166 e. The molecule has 0 fully saturated rings. The van der Waals surface area contributed by atoms with Crippen molar-refractivity contribution in [1.82, 2.24) is 4.90 Å². The zero-order chi connectivity index (χ0) is 12.7. The molecule has 0 spiro atoms. The van der Waals surface area contributed by atoms with Crippen molar-refractivity contribution in [2.45, 2.75) is 13.8 Å². The van der Waals surface area contributed by atoms with Crippen LogP contribution in [0.2, 0.25) is 0 Å². The minimum absolute atomic E-state index is 0.205. The number of halogens is 1. The van der Waals surface area contributed by atoms with Crippen LogP contribution in [0.15, 0.2) is 18.2 Å². The molecule has 0 atom stereocenters. The molecule has 0 aliphatic carbocycles. The lowest BCUT2D eigenvalue weighted by atomic mass is 10.2. The number of likely N-dealkylation sites (N-methyl/N-ethyl adjacent to an activating group) is 1. The summed E-state index contributed by atoms with van der Waals surface area (Å²) in [4.78, 5) is 2.20. The maximum Gasteiger partial charge on any atom is 0.166 e. The summed E-state index contributed by atoms with van der Waals surface area (Å²) in [6.07, 6.45) is 0. The molecule has 1 aromatic carbocycles. The summed E-state index contributed by atoms with van der Waals surface area (Å²) in [5, 5.41) is 8.60. The van der Waals surface area contributed by atoms with Gasteiger partial charge in [0, 0.05) is 6.54 Å². The van der Waals surface area contributed by atoms with E-state index in [9.17, 15) is 4.39 Å². The standard InChI is InChI=1S/C13H17FN2O/c1-3-16(4-2)7-8-17-13-6-5-11(10-15)9-12(13)14/h5-6,9H,3-4,7-8H2,1-2H3. The predicted octanol–water partition coefficient (Wildman–Crippen LogP) is 2.42. The van der Waals surface area contributed by atoms with E-state index in [2.05, 4.69) is 18.7 Å². The first kappa shape index (κ1) is 13.5. The number of ether oxygens (including phenoxy) is 1. The van der Waals surface area contributed by atoms with E-state index in [0.29, 0.717) is 12.2 Å². The summed E-state index contributed by atoms with van der Waals surface area (Å²) in [6, 6.07) is 6.12. The topological polar surface area (TPSA) is 36.3 Å². The first-order chi connectivity index (χ1) is 8.21. The lowest BCUT2D eigenvalue weighted by molar-refractivity contribution is 0.217. The summed E-state index contributed by atoms with van der Waals surface area (Å²) < 4.78 is 18.8. The molecule has 92 valence electrons. The Balaban J connectivity index is 2.50. The van der Waals surface area contributed by atoms with Gasteiger partial charge in [0.2, 0.25) is 0 Å². The van der Waals surface area contributed by atoms with Crippen molar-refractivity contribution in [3.63, 3.8) is 0 Å². The molecule has 0 radical (unpaired) electrons. The zero-order valence-electron chi connectivity index (χ0n) is 10.2. The van der Waals surface area contributed by atoms with Crippen LogP contribution in [-0.4, -0.2) is 31.1 Å². The summed E-state index contributed by atoms with van der Waals surface area (Å²) in [6.45, 7) is 7.28. The van der Waals surface area contributed by atoms with Crippen molar-refractivity contribution in [2.75, 3.05) is 26.2 Å². The molecule has 1 aromatic rings. The van der Waals surface area contributed by atoms with Crippen LogP contribution in [0.3, 0.4) is 0 Å². The van der Waals surface area contributed by atoms with E-state index in [1.165, 1.54) is 12.1 Å². The molecule has 0 saturated carbocycles. The summed E-state index contributed by atoms with van der Waals surface area (Å²) in [5.74, 6) is -0.278. The van der Waals surface area contributed by atoms with Gasteiger partial charge < -0.3 is 9.64 Å². The molecule has 0 heterocycles. The maximum atomic E-state index is 13.4. The van der Waals surface area contributed by atoms with Crippen LogP contribution < -0.4 is 4.74 Å². The van der Waals surface area contributed by atoms with Crippen LogP contribution in [0.25, 0.3) is 0 Å². The fourth-order valence-corrected chi connectivity index (χ4v) is 1.51. The third kappa shape index (κ3) is 4.04. The number of benzene rings is 1. The Bertz CT molecular complexity index is 397. The first-order valence-corrected chi connectivity index (χ1v) is 5.76. The molecule has 0 unspecified atom stereocenters. The monoisotopic (exact) mass is 236 g/mol. The van der Waals surface area contributed by atoms with Crippen molar-refractivity contribution in [3.05, 3.63) is 29.6 Å². The van der Waals surface area contributed by atoms with E-state index in [1.54, 1.807) is 6.07 Å². The van der Waals surface area contributed by atoms with E-state index in [0.717, 1.165) is 19.6 Å². The van der Waals surface area contributed by atoms with E-state index in [4.69, 9.17) is 10.00 Å². The Morgan fingerprint density at radius 1 is 1.35 bits per heavy atom. The number of nitrogens with zero attached hydrogens (tertiary/aromatic N) is 2. The number of nitriles is 1. The average Bonchev–Trinajstić information content (AvgIpc) is 2.36. The molecular weight excluding hydrogens is 219 g/mol. The van der Waals surface area contributed by atoms with Gasteiger partial charge in [0.1, 0.15) is 6.61 Å². The Labute approximate surface area is 101 Å². The second kappa shape index (κ2) is 6.87. The zero-order valence-corrected chi connectivity index (χ0v) is 10.2. The molecule has 0 bridgehead atoms. The second-order valence-corrected chi connectivity index (χ2v) is 3.63. The van der Waals surface area contributed by atoms with E-state index in [-0.39, 0.29) is 5.75 Å². The van der Waals surface area contributed by atoms with Gasteiger partial charge in [0.05, 0.1) is 11.6 Å². The van der Waals surface area contributed by atoms with Gasteiger partial charge in [0.15, 0.2) is 11.6 Å². The SMILES string of the molecule is CCN(CC)CCOc1ccc(C#N)cc1F. The normalized spacial score (nSPS) is 10.3. The summed E-state index contributed by atoms with van der Waals surface area (Å²) >= 11 is 0. The van der Waals surface area contributed by atoms with Gasteiger partial charge in [-0.3, -0.25) is 0 Å². The van der Waals surface area contributed by atoms with E-state index >= 15 is 0 Å². The number of rotatable bonds is 6. The molecule has 17 heavy (non-hydrogen) atoms. The van der Waals surface area contributed by atoms with Crippen LogP contribution in [0, 0.1) is 17.1 Å². The fourth-order valence-electron chi connectivity index (χ4n) is 1.51. The molecule has 1 rings (SSSR count). The molecule has 0 N–H and O–H groups in total. The Morgan fingerprint density at radius 2 is 2.06 bits per heavy atom. The van der Waals surface area contributed by atoms with Crippen molar-refractivity contribution in [2.24, 2.45) is 0 Å². The minimum atomic E-state index is -0.483. The third-order valence-corrected chi connectivity index (χ3v) is 2.62. The fraction of sp³-hybridized carbons (Fsp3) is 0.462. The van der Waals surface area contributed by atoms with Crippen molar-refractivity contribution in [1.29, 1.82) is 5.26 Å². The molecule has 0 amide bonds. The van der Waals surface area contributed by atoms with Crippen LogP contribution in [-0.2, 0) is 0 Å². The maximum absolute atomic E-state index is 13.4. The van der Waals surface area contributed by atoms with E-state index < -0.39 is 5.82 Å². The summed E-state index contributed by atoms with van der Waals surface area (Å²) in [5.41, 5.74) is 0.304. The van der Waals surface area contributed by atoms with Crippen LogP contribution in [0.5, 0.6) is 5.75 Å². The lowest BCUT2D eigenvalue weighted by Gasteiger charge is -2.18. The van der Waals surface area contributed by atoms with Gasteiger partial charge in [-0.15, -0.1) is 0 Å². The van der Waals surface area contributed by atoms with Gasteiger partial charge in [-0.25, -0.2) is 4.39 Å². The van der Waals surface area contributed by atoms with Crippen LogP contribution >= 0.6 is 0 Å². The highest BCUT2D eigenvalue weighted by atomic mass is 19.1. The van der Waals surface area contributed by atoms with Crippen molar-refractivity contribution >= 4 is 0 Å². The first-order valence-electron chi connectivity index (χ1n) is 5.76. The van der Waals surface area contributed by atoms with Crippen molar-refractivity contribution in [3.8, 4) is 11.8 Å². The van der Waals surface area contributed by atoms with Gasteiger partial charge in [-0.1, -0.05) is 13.8 Å². The average molecular weight is 236 g/mol. The molecule has 0 aromatic heterocycles. The predicted molar refractivity (Wildman–Crippen MR) is 64.4 cm³/mol. The quantitative estimate of drug-likeness (QED) is 0.761. The highest BCUT2D eigenvalue weighted by Gasteiger charge is 2.05. The lowest BCUT2D eigenvalue weighted by Crippen LogP contribution is -2.28. The molecule has 0 aliphatic heterocycles. The molecule has 4 heteroatoms. The van der Waals surface area contributed by atoms with E-state index in [1.807, 2.05) is 6.07 Å². The van der Waals surface area contributed by atoms with Crippen LogP contribution in [0.1, 0.15) is 19.4 Å². The largest absolute Gasteiger partial charge is 0.489 e. The second-order valence-electron chi connectivity index (χ2n) is 3.63. The van der Waals surface area contributed by atoms with Gasteiger partial charge in [-0.2, -0.15) is 5.26 Å². The minimum Gasteiger partial charge on any atom is -0.489 e. The van der Waals surface area contributed by atoms with Crippen LogP contribution in [0.4, 0.5) is 4.39 Å².